The van der Waals surface area contributed by atoms with Gasteiger partial charge in [0.2, 0.25) is 10.0 Å². The molecule has 2 aromatic rings. The molecule has 0 spiro atoms. The Bertz CT molecular complexity index is 943. The maximum absolute atomic E-state index is 12.7. The van der Waals surface area contributed by atoms with Crippen molar-refractivity contribution >= 4 is 33.2 Å². The smallest absolute Gasteiger partial charge is 0.259 e. The van der Waals surface area contributed by atoms with E-state index in [4.69, 9.17) is 21.1 Å². The van der Waals surface area contributed by atoms with Crippen molar-refractivity contribution in [2.24, 2.45) is 0 Å². The SMILES string of the molecule is COc1ccc(S(=O)(=O)N[C@H]2CCOC2)cc1C(=O)Nc1cccc(Cl)c1. The van der Waals surface area contributed by atoms with Crippen molar-refractivity contribution < 1.29 is 22.7 Å². The third-order valence-corrected chi connectivity index (χ3v) is 5.81. The third-order valence-electron chi connectivity index (χ3n) is 4.06. The van der Waals surface area contributed by atoms with Gasteiger partial charge >= 0.3 is 0 Å². The Morgan fingerprint density at radius 1 is 1.26 bits per heavy atom. The van der Waals surface area contributed by atoms with E-state index in [9.17, 15) is 13.2 Å². The Morgan fingerprint density at radius 2 is 2.07 bits per heavy atom. The number of hydrogen-bond donors (Lipinski definition) is 2. The van der Waals surface area contributed by atoms with Gasteiger partial charge in [0.15, 0.2) is 0 Å². The van der Waals surface area contributed by atoms with Crippen molar-refractivity contribution in [1.29, 1.82) is 0 Å². The zero-order chi connectivity index (χ0) is 19.4. The highest BCUT2D eigenvalue weighted by Gasteiger charge is 2.25. The Hall–Kier alpha value is -2.13. The quantitative estimate of drug-likeness (QED) is 0.763. The van der Waals surface area contributed by atoms with E-state index in [1.54, 1.807) is 24.3 Å². The summed E-state index contributed by atoms with van der Waals surface area (Å²) in [6.45, 7) is 0.848. The summed E-state index contributed by atoms with van der Waals surface area (Å²) in [6.07, 6.45) is 0.609. The Kier molecular flexibility index (Phi) is 6.01. The molecule has 1 aliphatic rings. The van der Waals surface area contributed by atoms with Crippen molar-refractivity contribution in [2.75, 3.05) is 25.6 Å². The fourth-order valence-electron chi connectivity index (χ4n) is 2.71. The summed E-state index contributed by atoms with van der Waals surface area (Å²) < 4.78 is 38.2. The zero-order valence-electron chi connectivity index (χ0n) is 14.6. The predicted molar refractivity (Wildman–Crippen MR) is 102 cm³/mol. The van der Waals surface area contributed by atoms with Crippen molar-refractivity contribution in [1.82, 2.24) is 4.72 Å². The minimum Gasteiger partial charge on any atom is -0.496 e. The van der Waals surface area contributed by atoms with Crippen LogP contribution < -0.4 is 14.8 Å². The standard InChI is InChI=1S/C18H19ClN2O5S/c1-25-17-6-5-15(27(23,24)21-14-7-8-26-11-14)10-16(17)18(22)20-13-4-2-3-12(19)9-13/h2-6,9-10,14,21H,7-8,11H2,1H3,(H,20,22)/t14-/m0/s1. The van der Waals surface area contributed by atoms with E-state index in [-0.39, 0.29) is 22.3 Å². The molecule has 0 bridgehead atoms. The number of nitrogens with one attached hydrogen (secondary N) is 2. The van der Waals surface area contributed by atoms with Crippen LogP contribution in [0.1, 0.15) is 16.8 Å². The van der Waals surface area contributed by atoms with Gasteiger partial charge in [0.1, 0.15) is 5.75 Å². The number of halogens is 1. The average Bonchev–Trinajstić information content (AvgIpc) is 3.13. The maximum atomic E-state index is 12.7. The topological polar surface area (TPSA) is 93.7 Å². The van der Waals surface area contributed by atoms with Gasteiger partial charge in [0.05, 0.1) is 24.2 Å². The largest absolute Gasteiger partial charge is 0.496 e. The second-order valence-electron chi connectivity index (χ2n) is 6.01. The molecular formula is C18H19ClN2O5S. The van der Waals surface area contributed by atoms with E-state index in [0.717, 1.165) is 0 Å². The third kappa shape index (κ3) is 4.78. The molecular weight excluding hydrogens is 392 g/mol. The second kappa shape index (κ2) is 8.26. The van der Waals surface area contributed by atoms with E-state index in [1.165, 1.54) is 25.3 Å². The second-order valence-corrected chi connectivity index (χ2v) is 8.16. The highest BCUT2D eigenvalue weighted by atomic mass is 35.5. The average molecular weight is 411 g/mol. The summed E-state index contributed by atoms with van der Waals surface area (Å²) in [4.78, 5) is 12.6. The first-order chi connectivity index (χ1) is 12.9. The molecule has 7 nitrogen and oxygen atoms in total. The minimum atomic E-state index is -3.79. The highest BCUT2D eigenvalue weighted by Crippen LogP contribution is 2.25. The summed E-state index contributed by atoms with van der Waals surface area (Å²) in [7, 11) is -2.38. The molecule has 1 fully saturated rings. The molecule has 3 rings (SSSR count). The van der Waals surface area contributed by atoms with Crippen LogP contribution >= 0.6 is 11.6 Å². The molecule has 0 aromatic heterocycles. The van der Waals surface area contributed by atoms with Gasteiger partial charge < -0.3 is 14.8 Å². The number of amides is 1. The van der Waals surface area contributed by atoms with Crippen molar-refractivity contribution in [3.05, 3.63) is 53.1 Å². The molecule has 27 heavy (non-hydrogen) atoms. The van der Waals surface area contributed by atoms with E-state index >= 15 is 0 Å². The normalized spacial score (nSPS) is 16.9. The number of benzene rings is 2. The molecule has 144 valence electrons. The predicted octanol–water partition coefficient (Wildman–Crippen LogP) is 2.67. The number of carbonyl (C=O) groups excluding carboxylic acids is 1. The minimum absolute atomic E-state index is 0.0218. The van der Waals surface area contributed by atoms with E-state index in [0.29, 0.717) is 30.3 Å². The van der Waals surface area contributed by atoms with Crippen LogP contribution in [-0.4, -0.2) is 40.7 Å². The molecule has 2 N–H and O–H groups in total. The van der Waals surface area contributed by atoms with E-state index in [1.807, 2.05) is 0 Å². The molecule has 0 aliphatic carbocycles. The van der Waals surface area contributed by atoms with E-state index in [2.05, 4.69) is 10.0 Å². The first-order valence-electron chi connectivity index (χ1n) is 8.24. The summed E-state index contributed by atoms with van der Waals surface area (Å²) >= 11 is 5.93. The van der Waals surface area contributed by atoms with Crippen LogP contribution in [0, 0.1) is 0 Å². The lowest BCUT2D eigenvalue weighted by Gasteiger charge is -2.14. The number of rotatable bonds is 6. The molecule has 0 saturated carbocycles. The summed E-state index contributed by atoms with van der Waals surface area (Å²) in [5, 5.41) is 3.16. The van der Waals surface area contributed by atoms with Gasteiger partial charge in [-0.2, -0.15) is 0 Å². The first-order valence-corrected chi connectivity index (χ1v) is 10.1. The van der Waals surface area contributed by atoms with Crippen LogP contribution in [0.3, 0.4) is 0 Å². The lowest BCUT2D eigenvalue weighted by atomic mass is 10.2. The van der Waals surface area contributed by atoms with Crippen molar-refractivity contribution in [3.63, 3.8) is 0 Å². The first kappa shape index (κ1) is 19.6. The fourth-order valence-corrected chi connectivity index (χ4v) is 4.18. The summed E-state index contributed by atoms with van der Waals surface area (Å²) in [5.74, 6) is -0.243. The molecule has 9 heteroatoms. The molecule has 1 saturated heterocycles. The van der Waals surface area contributed by atoms with Crippen LogP contribution in [-0.2, 0) is 14.8 Å². The molecule has 0 radical (unpaired) electrons. The van der Waals surface area contributed by atoms with Gasteiger partial charge in [-0.25, -0.2) is 13.1 Å². The molecule has 1 heterocycles. The van der Waals surface area contributed by atoms with Gasteiger partial charge in [-0.15, -0.1) is 0 Å². The van der Waals surface area contributed by atoms with Gasteiger partial charge in [0.25, 0.3) is 5.91 Å². The van der Waals surface area contributed by atoms with Gasteiger partial charge in [-0.05, 0) is 42.8 Å². The molecule has 0 unspecified atom stereocenters. The van der Waals surface area contributed by atoms with Gasteiger partial charge in [-0.1, -0.05) is 17.7 Å². The van der Waals surface area contributed by atoms with Crippen molar-refractivity contribution in [2.45, 2.75) is 17.4 Å². The lowest BCUT2D eigenvalue weighted by Crippen LogP contribution is -2.35. The Morgan fingerprint density at radius 3 is 2.74 bits per heavy atom. The number of methoxy groups -OCH3 is 1. The lowest BCUT2D eigenvalue weighted by molar-refractivity contribution is 0.102. The number of hydrogen-bond acceptors (Lipinski definition) is 5. The Labute approximate surface area is 162 Å². The summed E-state index contributed by atoms with van der Waals surface area (Å²) in [6, 6.07) is 10.5. The van der Waals surface area contributed by atoms with Gasteiger partial charge in [-0.3, -0.25) is 4.79 Å². The van der Waals surface area contributed by atoms with Crippen LogP contribution in [0.25, 0.3) is 0 Å². The number of carbonyl (C=O) groups is 1. The van der Waals surface area contributed by atoms with Crippen LogP contribution in [0.4, 0.5) is 5.69 Å². The molecule has 1 amide bonds. The monoisotopic (exact) mass is 410 g/mol. The number of ether oxygens (including phenoxy) is 2. The van der Waals surface area contributed by atoms with Crippen LogP contribution in [0.5, 0.6) is 5.75 Å². The van der Waals surface area contributed by atoms with Crippen molar-refractivity contribution in [3.8, 4) is 5.75 Å². The molecule has 1 aliphatic heterocycles. The van der Waals surface area contributed by atoms with Crippen LogP contribution in [0.15, 0.2) is 47.4 Å². The summed E-state index contributed by atoms with van der Waals surface area (Å²) in [5.41, 5.74) is 0.590. The number of sulfonamides is 1. The maximum Gasteiger partial charge on any atom is 0.259 e. The highest BCUT2D eigenvalue weighted by molar-refractivity contribution is 7.89. The Balaban J connectivity index is 1.87. The van der Waals surface area contributed by atoms with E-state index < -0.39 is 15.9 Å². The zero-order valence-corrected chi connectivity index (χ0v) is 16.1. The molecule has 2 aromatic carbocycles. The van der Waals surface area contributed by atoms with Gasteiger partial charge in [0, 0.05) is 23.4 Å². The number of anilines is 1. The van der Waals surface area contributed by atoms with Crippen LogP contribution in [0.2, 0.25) is 5.02 Å². The fraction of sp³-hybridized carbons (Fsp3) is 0.278. The molecule has 1 atom stereocenters.